The molecule has 3 nitrogen and oxygen atoms in total. The molecule has 0 radical (unpaired) electrons. The van der Waals surface area contributed by atoms with Gasteiger partial charge in [-0.1, -0.05) is 0 Å². The van der Waals surface area contributed by atoms with Crippen LogP contribution in [0.3, 0.4) is 0 Å². The van der Waals surface area contributed by atoms with E-state index in [-0.39, 0.29) is 36.5 Å². The maximum absolute atomic E-state index is 10.6. The summed E-state index contributed by atoms with van der Waals surface area (Å²) in [5.41, 5.74) is 0.0347. The Morgan fingerprint density at radius 2 is 2.56 bits per heavy atom. The summed E-state index contributed by atoms with van der Waals surface area (Å²) in [6, 6.07) is 1.50. The van der Waals surface area contributed by atoms with Crippen LogP contribution in [0.1, 0.15) is 8.35 Å². The number of nitrogens with one attached hydrogen (secondary N) is 1. The first kappa shape index (κ1) is 9.01. The van der Waals surface area contributed by atoms with E-state index in [1.165, 1.54) is 10.7 Å². The number of rotatable bonds is 1. The molecule has 1 heterocycles. The van der Waals surface area contributed by atoms with Crippen molar-refractivity contribution in [3.05, 3.63) is 22.6 Å². The summed E-state index contributed by atoms with van der Waals surface area (Å²) in [7, 11) is 0. The number of aryl methyl sites for hydroxylation is 1. The van der Waals surface area contributed by atoms with Crippen molar-refractivity contribution < 1.29 is 31.0 Å². The summed E-state index contributed by atoms with van der Waals surface area (Å²) in [5, 5.41) is 2.76. The van der Waals surface area contributed by atoms with Crippen molar-refractivity contribution in [3.63, 3.8) is 0 Å². The molecule has 0 aliphatic heterocycles. The minimum absolute atomic E-state index is 0. The number of hydrogen-bond donors (Lipinski definition) is 1. The van der Waals surface area contributed by atoms with Gasteiger partial charge in [0, 0.05) is 18.8 Å². The van der Waals surface area contributed by atoms with Crippen LogP contribution in [-0.2, 0) is 6.54 Å². The van der Waals surface area contributed by atoms with E-state index in [1.54, 1.807) is 6.20 Å². The summed E-state index contributed by atoms with van der Waals surface area (Å²) in [5.74, 6) is 0. The average Bonchev–Trinajstić information content (AvgIpc) is 2.14. The van der Waals surface area contributed by atoms with Crippen molar-refractivity contribution in [1.29, 1.82) is 0 Å². The summed E-state index contributed by atoms with van der Waals surface area (Å²) >= 11 is 0. The zero-order valence-electron chi connectivity index (χ0n) is 6.72. The van der Waals surface area contributed by atoms with Crippen LogP contribution >= 0.6 is 0 Å². The van der Waals surface area contributed by atoms with Crippen molar-refractivity contribution in [1.82, 2.24) is 9.78 Å². The average molecular weight is 136 g/mol. The van der Waals surface area contributed by atoms with Crippen LogP contribution in [0.4, 0.5) is 0 Å². The van der Waals surface area contributed by atoms with Crippen molar-refractivity contribution in [3.8, 4) is 0 Å². The molecule has 1 aromatic heterocycles. The van der Waals surface area contributed by atoms with Gasteiger partial charge in [-0.15, -0.1) is 0 Å². The second-order valence-corrected chi connectivity index (χ2v) is 1.54. The molecule has 0 aliphatic rings. The molecule has 0 atom stereocenters. The predicted octanol–water partition coefficient (Wildman–Crippen LogP) is -2.69. The van der Waals surface area contributed by atoms with E-state index in [9.17, 15) is 4.79 Å². The molecular weight excluding hydrogens is 127 g/mol. The Hall–Kier alpha value is 0.0100. The zero-order valence-corrected chi connectivity index (χ0v) is 7.72. The molecule has 0 aromatic carbocycles. The Labute approximate surface area is 76.8 Å². The number of aromatic nitrogens is 2. The van der Waals surface area contributed by atoms with Crippen molar-refractivity contribution in [2.75, 3.05) is 0 Å². The Bertz CT molecular complexity index is 219. The van der Waals surface area contributed by atoms with Crippen molar-refractivity contribution >= 4 is 0 Å². The van der Waals surface area contributed by atoms with Crippen LogP contribution in [0.2, 0.25) is 0 Å². The summed E-state index contributed by atoms with van der Waals surface area (Å²) < 4.78 is 1.53. The summed E-state index contributed by atoms with van der Waals surface area (Å²) in [6.45, 7) is 2.63. The van der Waals surface area contributed by atoms with Gasteiger partial charge in [-0.3, -0.25) is 9.48 Å². The zero-order chi connectivity index (χ0) is 5.98. The molecule has 0 unspecified atom stereocenters. The fraction of sp³-hybridized carbons (Fsp3) is 0.400. The molecule has 0 amide bonds. The molecule has 0 bridgehead atoms. The first-order valence-electron chi connectivity index (χ1n) is 2.59. The van der Waals surface area contributed by atoms with Gasteiger partial charge < -0.3 is 6.53 Å². The van der Waals surface area contributed by atoms with Crippen LogP contribution in [-0.4, -0.2) is 9.78 Å². The van der Waals surface area contributed by atoms with Crippen LogP contribution in [0.5, 0.6) is 0 Å². The number of hydrogen-bond acceptors (Lipinski definition) is 1. The first-order chi connectivity index (χ1) is 3.84. The van der Waals surface area contributed by atoms with Gasteiger partial charge in [-0.2, -0.15) is 0 Å². The smallest absolute Gasteiger partial charge is 1.00 e. The molecular formula is C5H9N2NaO. The molecule has 0 fully saturated rings. The quantitative estimate of drug-likeness (QED) is 0.419. The Balaban J connectivity index is 0. The van der Waals surface area contributed by atoms with E-state index in [4.69, 9.17) is 0 Å². The Kier molecular flexibility index (Phi) is 3.93. The minimum atomic E-state index is 0. The predicted molar refractivity (Wildman–Crippen MR) is 31.8 cm³/mol. The van der Waals surface area contributed by atoms with Crippen LogP contribution in [0.15, 0.2) is 17.1 Å². The molecule has 46 valence electrons. The van der Waals surface area contributed by atoms with Gasteiger partial charge in [0.05, 0.1) is 0 Å². The van der Waals surface area contributed by atoms with Gasteiger partial charge in [0.1, 0.15) is 0 Å². The van der Waals surface area contributed by atoms with Gasteiger partial charge in [-0.05, 0) is 6.92 Å². The van der Waals surface area contributed by atoms with Crippen LogP contribution < -0.4 is 35.1 Å². The standard InChI is InChI=1S/C5H8N2O.Na.H/c1-2-7-5(8)3-4-6-7;;/h3-4,6H,2H2,1H3;;/q;+1;-1. The van der Waals surface area contributed by atoms with E-state index in [0.717, 1.165) is 0 Å². The van der Waals surface area contributed by atoms with Gasteiger partial charge in [0.2, 0.25) is 0 Å². The number of H-pyrrole nitrogens is 1. The molecule has 1 aromatic rings. The van der Waals surface area contributed by atoms with Gasteiger partial charge >= 0.3 is 29.6 Å². The molecule has 9 heavy (non-hydrogen) atoms. The fourth-order valence-electron chi connectivity index (χ4n) is 0.599. The van der Waals surface area contributed by atoms with E-state index >= 15 is 0 Å². The molecule has 0 spiro atoms. The van der Waals surface area contributed by atoms with Crippen molar-refractivity contribution in [2.45, 2.75) is 13.5 Å². The molecule has 0 saturated carbocycles. The maximum Gasteiger partial charge on any atom is 1.00 e. The fourth-order valence-corrected chi connectivity index (χ4v) is 0.599. The van der Waals surface area contributed by atoms with Crippen LogP contribution in [0, 0.1) is 0 Å². The molecule has 0 saturated heterocycles. The molecule has 4 heteroatoms. The SMILES string of the molecule is CCn1[nH]ccc1=O.[H-].[Na+]. The third kappa shape index (κ3) is 2.01. The number of aromatic amines is 1. The summed E-state index contributed by atoms with van der Waals surface area (Å²) in [4.78, 5) is 10.6. The van der Waals surface area contributed by atoms with E-state index in [1.807, 2.05) is 6.92 Å². The van der Waals surface area contributed by atoms with Gasteiger partial charge in [0.25, 0.3) is 5.56 Å². The summed E-state index contributed by atoms with van der Waals surface area (Å²) in [6.07, 6.45) is 1.63. The molecule has 1 N–H and O–H groups in total. The normalized spacial score (nSPS) is 8.56. The molecule has 0 aliphatic carbocycles. The third-order valence-electron chi connectivity index (χ3n) is 1.04. The topological polar surface area (TPSA) is 37.8 Å². The van der Waals surface area contributed by atoms with Crippen LogP contribution in [0.25, 0.3) is 0 Å². The van der Waals surface area contributed by atoms with Gasteiger partial charge in [0.15, 0.2) is 0 Å². The van der Waals surface area contributed by atoms with E-state index in [0.29, 0.717) is 6.54 Å². The second kappa shape index (κ2) is 3.93. The minimum Gasteiger partial charge on any atom is -1.00 e. The van der Waals surface area contributed by atoms with Gasteiger partial charge in [-0.25, -0.2) is 0 Å². The number of nitrogens with zero attached hydrogens (tertiary/aromatic N) is 1. The Morgan fingerprint density at radius 3 is 2.78 bits per heavy atom. The monoisotopic (exact) mass is 136 g/mol. The van der Waals surface area contributed by atoms with Crippen molar-refractivity contribution in [2.24, 2.45) is 0 Å². The van der Waals surface area contributed by atoms with E-state index in [2.05, 4.69) is 5.10 Å². The maximum atomic E-state index is 10.6. The first-order valence-corrected chi connectivity index (χ1v) is 2.59. The second-order valence-electron chi connectivity index (χ2n) is 1.54. The third-order valence-corrected chi connectivity index (χ3v) is 1.04. The Morgan fingerprint density at radius 1 is 1.89 bits per heavy atom. The largest absolute Gasteiger partial charge is 1.00 e. The van der Waals surface area contributed by atoms with E-state index < -0.39 is 0 Å². The molecule has 1 rings (SSSR count).